The lowest BCUT2D eigenvalue weighted by atomic mass is 9.69. The Hall–Kier alpha value is -0.910. The SMILES string of the molecule is O=C1OC(CI)CC12CCc1ccccc1C2=O. The molecule has 3 nitrogen and oxygen atoms in total. The van der Waals surface area contributed by atoms with E-state index in [9.17, 15) is 9.59 Å². The maximum Gasteiger partial charge on any atom is 0.320 e. The van der Waals surface area contributed by atoms with Gasteiger partial charge in [0.25, 0.3) is 0 Å². The van der Waals surface area contributed by atoms with E-state index in [1.54, 1.807) is 0 Å². The van der Waals surface area contributed by atoms with Crippen LogP contribution in [0.4, 0.5) is 0 Å². The van der Waals surface area contributed by atoms with Gasteiger partial charge in [0.2, 0.25) is 0 Å². The van der Waals surface area contributed by atoms with Crippen molar-refractivity contribution >= 4 is 34.3 Å². The van der Waals surface area contributed by atoms with E-state index in [1.807, 2.05) is 24.3 Å². The first-order valence-electron chi connectivity index (χ1n) is 6.07. The smallest absolute Gasteiger partial charge is 0.320 e. The highest BCUT2D eigenvalue weighted by molar-refractivity contribution is 14.1. The standard InChI is InChI=1S/C14H13IO3/c15-8-10-7-14(13(17)18-10)6-5-9-3-1-2-4-11(9)12(14)16/h1-4,10H,5-8H2. The Morgan fingerprint density at radius 3 is 2.83 bits per heavy atom. The highest BCUT2D eigenvalue weighted by atomic mass is 127. The molecule has 0 amide bonds. The molecule has 1 heterocycles. The van der Waals surface area contributed by atoms with Gasteiger partial charge in [0.05, 0.1) is 0 Å². The molecule has 0 radical (unpaired) electrons. The van der Waals surface area contributed by atoms with Crippen LogP contribution in [0.1, 0.15) is 28.8 Å². The fraction of sp³-hybridized carbons (Fsp3) is 0.429. The van der Waals surface area contributed by atoms with Gasteiger partial charge in [0.1, 0.15) is 11.5 Å². The van der Waals surface area contributed by atoms with Crippen molar-refractivity contribution in [3.63, 3.8) is 0 Å². The predicted molar refractivity (Wildman–Crippen MR) is 74.9 cm³/mol. The second-order valence-corrected chi connectivity index (χ2v) is 5.83. The Labute approximate surface area is 119 Å². The van der Waals surface area contributed by atoms with Gasteiger partial charge in [0.15, 0.2) is 5.78 Å². The van der Waals surface area contributed by atoms with Gasteiger partial charge in [-0.1, -0.05) is 46.9 Å². The average Bonchev–Trinajstić information content (AvgIpc) is 2.72. The van der Waals surface area contributed by atoms with Gasteiger partial charge >= 0.3 is 5.97 Å². The lowest BCUT2D eigenvalue weighted by molar-refractivity contribution is -0.146. The molecule has 1 aliphatic heterocycles. The molecule has 0 bridgehead atoms. The number of aryl methyl sites for hydroxylation is 1. The highest BCUT2D eigenvalue weighted by Crippen LogP contribution is 2.45. The van der Waals surface area contributed by atoms with Gasteiger partial charge in [-0.2, -0.15) is 0 Å². The number of Topliss-reactive ketones (excluding diaryl/α,β-unsaturated/α-hetero) is 1. The monoisotopic (exact) mass is 356 g/mol. The van der Waals surface area contributed by atoms with Crippen LogP contribution in [0.5, 0.6) is 0 Å². The van der Waals surface area contributed by atoms with Crippen molar-refractivity contribution in [2.45, 2.75) is 25.4 Å². The number of ketones is 1. The third kappa shape index (κ3) is 1.61. The van der Waals surface area contributed by atoms with Crippen LogP contribution in [0.2, 0.25) is 0 Å². The fourth-order valence-corrected chi connectivity index (χ4v) is 3.42. The zero-order valence-corrected chi connectivity index (χ0v) is 12.0. The molecule has 1 fully saturated rings. The van der Waals surface area contributed by atoms with Crippen molar-refractivity contribution in [2.24, 2.45) is 5.41 Å². The number of rotatable bonds is 1. The van der Waals surface area contributed by atoms with Crippen LogP contribution >= 0.6 is 22.6 Å². The quantitative estimate of drug-likeness (QED) is 0.336. The number of halogens is 1. The fourth-order valence-electron chi connectivity index (χ4n) is 2.93. The van der Waals surface area contributed by atoms with E-state index in [0.717, 1.165) is 16.4 Å². The number of hydrogen-bond donors (Lipinski definition) is 0. The normalized spacial score (nSPS) is 30.4. The number of carbonyl (C=O) groups is 2. The predicted octanol–water partition coefficient (Wildman–Crippen LogP) is 2.55. The minimum absolute atomic E-state index is 0.0401. The molecule has 2 aliphatic rings. The molecule has 94 valence electrons. The summed E-state index contributed by atoms with van der Waals surface area (Å²) in [7, 11) is 0. The topological polar surface area (TPSA) is 43.4 Å². The van der Waals surface area contributed by atoms with E-state index < -0.39 is 5.41 Å². The number of alkyl halides is 1. The molecule has 1 spiro atoms. The molecule has 2 atom stereocenters. The minimum atomic E-state index is -0.899. The number of fused-ring (bicyclic) bond motifs is 1. The average molecular weight is 356 g/mol. The Kier molecular flexibility index (Phi) is 2.92. The number of carbonyl (C=O) groups excluding carboxylic acids is 2. The van der Waals surface area contributed by atoms with Crippen LogP contribution in [0.3, 0.4) is 0 Å². The summed E-state index contributed by atoms with van der Waals surface area (Å²) in [5, 5.41) is 0. The molecular formula is C14H13IO3. The van der Waals surface area contributed by atoms with Crippen molar-refractivity contribution < 1.29 is 14.3 Å². The largest absolute Gasteiger partial charge is 0.461 e. The first kappa shape index (κ1) is 12.1. The second-order valence-electron chi connectivity index (χ2n) is 4.95. The van der Waals surface area contributed by atoms with Crippen molar-refractivity contribution in [2.75, 3.05) is 4.43 Å². The van der Waals surface area contributed by atoms with E-state index >= 15 is 0 Å². The summed E-state index contributed by atoms with van der Waals surface area (Å²) in [5.41, 5.74) is 0.859. The molecule has 3 rings (SSSR count). The first-order chi connectivity index (χ1) is 8.67. The molecule has 2 unspecified atom stereocenters. The molecular weight excluding hydrogens is 343 g/mol. The summed E-state index contributed by atoms with van der Waals surface area (Å²) in [6, 6.07) is 7.58. The third-order valence-corrected chi connectivity index (χ3v) is 4.91. The summed E-state index contributed by atoms with van der Waals surface area (Å²) in [6.45, 7) is 0. The second kappa shape index (κ2) is 4.33. The lowest BCUT2D eigenvalue weighted by Crippen LogP contribution is -2.40. The maximum atomic E-state index is 12.6. The number of esters is 1. The van der Waals surface area contributed by atoms with Crippen LogP contribution in [-0.4, -0.2) is 22.3 Å². The van der Waals surface area contributed by atoms with Gasteiger partial charge in [-0.25, -0.2) is 0 Å². The summed E-state index contributed by atoms with van der Waals surface area (Å²) in [5.74, 6) is -0.356. The van der Waals surface area contributed by atoms with Gasteiger partial charge < -0.3 is 4.74 Å². The zero-order valence-electron chi connectivity index (χ0n) is 9.82. The van der Waals surface area contributed by atoms with E-state index in [0.29, 0.717) is 18.4 Å². The molecule has 0 N–H and O–H groups in total. The first-order valence-corrected chi connectivity index (χ1v) is 7.60. The van der Waals surface area contributed by atoms with Gasteiger partial charge in [-0.3, -0.25) is 9.59 Å². The van der Waals surface area contributed by atoms with Crippen molar-refractivity contribution in [3.05, 3.63) is 35.4 Å². The van der Waals surface area contributed by atoms with Crippen LogP contribution in [-0.2, 0) is 16.0 Å². The van der Waals surface area contributed by atoms with Crippen molar-refractivity contribution in [1.82, 2.24) is 0 Å². The number of hydrogen-bond acceptors (Lipinski definition) is 3. The lowest BCUT2D eigenvalue weighted by Gasteiger charge is -2.29. The van der Waals surface area contributed by atoms with Gasteiger partial charge in [0, 0.05) is 16.4 Å². The zero-order chi connectivity index (χ0) is 12.8. The molecule has 1 saturated heterocycles. The van der Waals surface area contributed by atoms with Crippen LogP contribution in [0.25, 0.3) is 0 Å². The molecule has 1 aliphatic carbocycles. The van der Waals surface area contributed by atoms with Crippen molar-refractivity contribution in [3.8, 4) is 0 Å². The Morgan fingerprint density at radius 1 is 1.33 bits per heavy atom. The van der Waals surface area contributed by atoms with E-state index in [-0.39, 0.29) is 17.9 Å². The van der Waals surface area contributed by atoms with E-state index in [1.165, 1.54) is 0 Å². The van der Waals surface area contributed by atoms with E-state index in [4.69, 9.17) is 4.74 Å². The van der Waals surface area contributed by atoms with Crippen molar-refractivity contribution in [1.29, 1.82) is 0 Å². The molecule has 18 heavy (non-hydrogen) atoms. The summed E-state index contributed by atoms with van der Waals surface area (Å²) in [4.78, 5) is 24.7. The summed E-state index contributed by atoms with van der Waals surface area (Å²) < 4.78 is 6.07. The highest BCUT2D eigenvalue weighted by Gasteiger charge is 2.55. The molecule has 0 saturated carbocycles. The van der Waals surface area contributed by atoms with E-state index in [2.05, 4.69) is 22.6 Å². The van der Waals surface area contributed by atoms with Crippen LogP contribution in [0, 0.1) is 5.41 Å². The summed E-state index contributed by atoms with van der Waals surface area (Å²) in [6.07, 6.45) is 1.81. The summed E-state index contributed by atoms with van der Waals surface area (Å²) >= 11 is 2.20. The van der Waals surface area contributed by atoms with Gasteiger partial charge in [-0.05, 0) is 18.4 Å². The van der Waals surface area contributed by atoms with Crippen LogP contribution < -0.4 is 0 Å². The minimum Gasteiger partial charge on any atom is -0.461 e. The number of benzene rings is 1. The molecule has 1 aromatic carbocycles. The number of cyclic esters (lactones) is 1. The molecule has 0 aromatic heterocycles. The Morgan fingerprint density at radius 2 is 2.11 bits per heavy atom. The Balaban J connectivity index is 2.02. The number of ether oxygens (including phenoxy) is 1. The third-order valence-electron chi connectivity index (χ3n) is 3.93. The Bertz CT molecular complexity index is 526. The van der Waals surface area contributed by atoms with Gasteiger partial charge in [-0.15, -0.1) is 0 Å². The molecule has 1 aromatic rings. The van der Waals surface area contributed by atoms with Crippen LogP contribution in [0.15, 0.2) is 24.3 Å². The maximum absolute atomic E-state index is 12.6. The molecule has 4 heteroatoms.